The van der Waals surface area contributed by atoms with Crippen LogP contribution in [-0.4, -0.2) is 36.9 Å². The van der Waals surface area contributed by atoms with E-state index in [-0.39, 0.29) is 12.6 Å². The second kappa shape index (κ2) is 6.80. The predicted octanol–water partition coefficient (Wildman–Crippen LogP) is 0.833. The van der Waals surface area contributed by atoms with Gasteiger partial charge < -0.3 is 9.84 Å². The van der Waals surface area contributed by atoms with Gasteiger partial charge in [0.25, 0.3) is 0 Å². The molecule has 15 heavy (non-hydrogen) atoms. The van der Waals surface area contributed by atoms with Crippen molar-refractivity contribution in [3.63, 3.8) is 0 Å². The maximum absolute atomic E-state index is 11.3. The van der Waals surface area contributed by atoms with Gasteiger partial charge in [0.05, 0.1) is 13.7 Å². The van der Waals surface area contributed by atoms with Crippen LogP contribution < -0.4 is 5.32 Å². The van der Waals surface area contributed by atoms with Crippen molar-refractivity contribution >= 4 is 5.97 Å². The van der Waals surface area contributed by atoms with E-state index in [4.69, 9.17) is 5.11 Å². The minimum atomic E-state index is -0.557. The van der Waals surface area contributed by atoms with E-state index < -0.39 is 6.04 Å². The molecule has 1 rings (SSSR count). The van der Waals surface area contributed by atoms with Crippen LogP contribution in [0.1, 0.15) is 38.5 Å². The molecule has 1 saturated carbocycles. The van der Waals surface area contributed by atoms with E-state index in [9.17, 15) is 4.79 Å². The van der Waals surface area contributed by atoms with Crippen molar-refractivity contribution in [3.8, 4) is 0 Å². The monoisotopic (exact) mass is 215 g/mol. The first-order chi connectivity index (χ1) is 7.27. The zero-order valence-corrected chi connectivity index (χ0v) is 9.37. The Hall–Kier alpha value is -0.610. The molecule has 0 bridgehead atoms. The van der Waals surface area contributed by atoms with Gasteiger partial charge in [-0.15, -0.1) is 0 Å². The molecule has 4 heteroatoms. The Bertz CT molecular complexity index is 188. The highest BCUT2D eigenvalue weighted by atomic mass is 16.5. The molecule has 2 N–H and O–H groups in total. The zero-order chi connectivity index (χ0) is 11.1. The van der Waals surface area contributed by atoms with E-state index in [1.165, 1.54) is 32.8 Å². The summed E-state index contributed by atoms with van der Waals surface area (Å²) in [5.74, 6) is -0.373. The summed E-state index contributed by atoms with van der Waals surface area (Å²) in [5, 5.41) is 12.2. The number of nitrogens with one attached hydrogen (secondary N) is 1. The Morgan fingerprint density at radius 1 is 1.40 bits per heavy atom. The molecule has 88 valence electrons. The van der Waals surface area contributed by atoms with E-state index >= 15 is 0 Å². The second-order valence-electron chi connectivity index (χ2n) is 4.11. The summed E-state index contributed by atoms with van der Waals surface area (Å²) in [6.45, 7) is -0.191. The Morgan fingerprint density at radius 3 is 2.47 bits per heavy atom. The molecule has 1 unspecified atom stereocenters. The third-order valence-electron chi connectivity index (χ3n) is 2.96. The van der Waals surface area contributed by atoms with Crippen molar-refractivity contribution in [3.05, 3.63) is 0 Å². The standard InChI is InChI=1S/C11H21NO3/c1-15-11(14)10(8-13)12-9-6-4-2-3-5-7-9/h9-10,12-13H,2-8H2,1H3. The van der Waals surface area contributed by atoms with Gasteiger partial charge >= 0.3 is 5.97 Å². The summed E-state index contributed by atoms with van der Waals surface area (Å²) >= 11 is 0. The van der Waals surface area contributed by atoms with E-state index in [0.29, 0.717) is 6.04 Å². The number of hydrogen-bond acceptors (Lipinski definition) is 4. The number of esters is 1. The van der Waals surface area contributed by atoms with E-state index in [1.54, 1.807) is 0 Å². The smallest absolute Gasteiger partial charge is 0.325 e. The fourth-order valence-electron chi connectivity index (χ4n) is 2.07. The lowest BCUT2D eigenvalue weighted by atomic mass is 10.1. The van der Waals surface area contributed by atoms with Crippen molar-refractivity contribution in [2.75, 3.05) is 13.7 Å². The molecule has 4 nitrogen and oxygen atoms in total. The number of aliphatic hydroxyl groups is 1. The topological polar surface area (TPSA) is 58.6 Å². The number of hydrogen-bond donors (Lipinski definition) is 2. The number of rotatable bonds is 4. The second-order valence-corrected chi connectivity index (χ2v) is 4.11. The lowest BCUT2D eigenvalue weighted by molar-refractivity contribution is -0.144. The molecule has 1 fully saturated rings. The van der Waals surface area contributed by atoms with Crippen molar-refractivity contribution in [1.82, 2.24) is 5.32 Å². The van der Waals surface area contributed by atoms with Crippen molar-refractivity contribution in [2.45, 2.75) is 50.6 Å². The van der Waals surface area contributed by atoms with Crippen LogP contribution in [0.3, 0.4) is 0 Å². The molecule has 0 saturated heterocycles. The minimum absolute atomic E-state index is 0.191. The highest BCUT2D eigenvalue weighted by Crippen LogP contribution is 2.17. The van der Waals surface area contributed by atoms with Gasteiger partial charge in [-0.3, -0.25) is 10.1 Å². The number of carbonyl (C=O) groups excluding carboxylic acids is 1. The van der Waals surface area contributed by atoms with E-state index in [0.717, 1.165) is 12.8 Å². The molecule has 0 aliphatic heterocycles. The van der Waals surface area contributed by atoms with Gasteiger partial charge in [0.1, 0.15) is 6.04 Å². The molecule has 0 aromatic heterocycles. The summed E-state index contributed by atoms with van der Waals surface area (Å²) in [7, 11) is 1.35. The van der Waals surface area contributed by atoms with Crippen LogP contribution in [-0.2, 0) is 9.53 Å². The summed E-state index contributed by atoms with van der Waals surface area (Å²) in [5.41, 5.74) is 0. The molecule has 0 radical (unpaired) electrons. The molecule has 0 heterocycles. The van der Waals surface area contributed by atoms with E-state index in [2.05, 4.69) is 10.1 Å². The van der Waals surface area contributed by atoms with Crippen LogP contribution in [0.15, 0.2) is 0 Å². The first-order valence-corrected chi connectivity index (χ1v) is 5.72. The largest absolute Gasteiger partial charge is 0.468 e. The van der Waals surface area contributed by atoms with Crippen LogP contribution in [0.4, 0.5) is 0 Å². The first kappa shape index (κ1) is 12.5. The zero-order valence-electron chi connectivity index (χ0n) is 9.37. The maximum atomic E-state index is 11.3. The number of aliphatic hydroxyl groups excluding tert-OH is 1. The molecular formula is C11H21NO3. The van der Waals surface area contributed by atoms with Gasteiger partial charge in [0.2, 0.25) is 0 Å². The van der Waals surface area contributed by atoms with Crippen LogP contribution in [0, 0.1) is 0 Å². The molecule has 1 atom stereocenters. The van der Waals surface area contributed by atoms with Crippen molar-refractivity contribution < 1.29 is 14.6 Å². The highest BCUT2D eigenvalue weighted by Gasteiger charge is 2.22. The molecular weight excluding hydrogens is 194 g/mol. The minimum Gasteiger partial charge on any atom is -0.468 e. The summed E-state index contributed by atoms with van der Waals surface area (Å²) in [6.07, 6.45) is 7.15. The van der Waals surface area contributed by atoms with Gasteiger partial charge in [-0.25, -0.2) is 0 Å². The fourth-order valence-corrected chi connectivity index (χ4v) is 2.07. The lowest BCUT2D eigenvalue weighted by Crippen LogP contribution is -2.46. The quantitative estimate of drug-likeness (QED) is 0.539. The SMILES string of the molecule is COC(=O)C(CO)NC1CCCCCC1. The van der Waals surface area contributed by atoms with Gasteiger partial charge in [-0.2, -0.15) is 0 Å². The number of ether oxygens (including phenoxy) is 1. The van der Waals surface area contributed by atoms with Gasteiger partial charge in [0.15, 0.2) is 0 Å². The Kier molecular flexibility index (Phi) is 5.65. The van der Waals surface area contributed by atoms with Gasteiger partial charge in [-0.05, 0) is 12.8 Å². The van der Waals surface area contributed by atoms with Crippen LogP contribution in [0.2, 0.25) is 0 Å². The number of methoxy groups -OCH3 is 1. The maximum Gasteiger partial charge on any atom is 0.325 e. The molecule has 1 aliphatic carbocycles. The normalized spacial score (nSPS) is 20.7. The van der Waals surface area contributed by atoms with E-state index in [1.807, 2.05) is 0 Å². The fraction of sp³-hybridized carbons (Fsp3) is 0.909. The van der Waals surface area contributed by atoms with Gasteiger partial charge in [0, 0.05) is 6.04 Å². The molecule has 0 aromatic carbocycles. The average Bonchev–Trinajstić information content (AvgIpc) is 2.53. The number of carbonyl (C=O) groups is 1. The predicted molar refractivity (Wildman–Crippen MR) is 57.5 cm³/mol. The third kappa shape index (κ3) is 4.18. The Labute approximate surface area is 91.0 Å². The van der Waals surface area contributed by atoms with Gasteiger partial charge in [-0.1, -0.05) is 25.7 Å². The summed E-state index contributed by atoms with van der Waals surface area (Å²) < 4.78 is 4.61. The van der Waals surface area contributed by atoms with Crippen LogP contribution >= 0.6 is 0 Å². The first-order valence-electron chi connectivity index (χ1n) is 5.72. The van der Waals surface area contributed by atoms with Crippen LogP contribution in [0.5, 0.6) is 0 Å². The summed E-state index contributed by atoms with van der Waals surface area (Å²) in [4.78, 5) is 11.3. The van der Waals surface area contributed by atoms with Crippen molar-refractivity contribution in [1.29, 1.82) is 0 Å². The molecule has 0 aromatic rings. The van der Waals surface area contributed by atoms with Crippen molar-refractivity contribution in [2.24, 2.45) is 0 Å². The molecule has 0 amide bonds. The molecule has 1 aliphatic rings. The van der Waals surface area contributed by atoms with Crippen LogP contribution in [0.25, 0.3) is 0 Å². The Morgan fingerprint density at radius 2 is 2.00 bits per heavy atom. The third-order valence-corrected chi connectivity index (χ3v) is 2.96. The highest BCUT2D eigenvalue weighted by molar-refractivity contribution is 5.75. The summed E-state index contributed by atoms with van der Waals surface area (Å²) in [6, 6.07) is -0.207. The molecule has 0 spiro atoms. The Balaban J connectivity index is 2.38. The lowest BCUT2D eigenvalue weighted by Gasteiger charge is -2.21. The average molecular weight is 215 g/mol.